The van der Waals surface area contributed by atoms with Gasteiger partial charge in [-0.2, -0.15) is 0 Å². The molecule has 0 aromatic rings. The monoisotopic (exact) mass is 192 g/mol. The summed E-state index contributed by atoms with van der Waals surface area (Å²) in [6.45, 7) is 3.48. The van der Waals surface area contributed by atoms with E-state index in [9.17, 15) is 8.78 Å². The molecule has 78 valence electrons. The molecule has 4 heteroatoms. The molecule has 1 aliphatic heterocycles. The summed E-state index contributed by atoms with van der Waals surface area (Å²) in [5.74, 6) is 0.461. The van der Waals surface area contributed by atoms with E-state index in [0.29, 0.717) is 5.92 Å². The topological polar surface area (TPSA) is 29.3 Å². The molecule has 1 rings (SSSR count). The molecule has 0 spiro atoms. The Bertz CT molecular complexity index is 141. The number of rotatable bonds is 2. The van der Waals surface area contributed by atoms with Gasteiger partial charge in [0.25, 0.3) is 6.43 Å². The Morgan fingerprint density at radius 3 is 2.62 bits per heavy atom. The Morgan fingerprint density at radius 1 is 1.38 bits per heavy atom. The van der Waals surface area contributed by atoms with Gasteiger partial charge in [0.2, 0.25) is 0 Å². The van der Waals surface area contributed by atoms with E-state index >= 15 is 0 Å². The average molecular weight is 192 g/mol. The van der Waals surface area contributed by atoms with Crippen molar-refractivity contribution in [1.82, 2.24) is 4.90 Å². The van der Waals surface area contributed by atoms with Crippen LogP contribution in [-0.2, 0) is 0 Å². The summed E-state index contributed by atoms with van der Waals surface area (Å²) in [4.78, 5) is 1.81. The zero-order valence-corrected chi connectivity index (χ0v) is 8.05. The number of hydrogen-bond donors (Lipinski definition) is 1. The second kappa shape index (κ2) is 4.86. The molecule has 2 atom stereocenters. The Balaban J connectivity index is 2.35. The maximum atomic E-state index is 12.1. The van der Waals surface area contributed by atoms with Crippen LogP contribution < -0.4 is 5.73 Å². The Kier molecular flexibility index (Phi) is 4.06. The van der Waals surface area contributed by atoms with Gasteiger partial charge in [-0.25, -0.2) is 8.78 Å². The number of nitrogens with zero attached hydrogens (tertiary/aromatic N) is 1. The number of hydrogen-bond acceptors (Lipinski definition) is 2. The molecule has 0 bridgehead atoms. The van der Waals surface area contributed by atoms with Gasteiger partial charge in [-0.1, -0.05) is 6.92 Å². The summed E-state index contributed by atoms with van der Waals surface area (Å²) in [6.07, 6.45) is -0.438. The largest absolute Gasteiger partial charge is 0.327 e. The summed E-state index contributed by atoms with van der Waals surface area (Å²) in [5.41, 5.74) is 5.86. The molecule has 0 aromatic heterocycles. The zero-order chi connectivity index (χ0) is 9.84. The maximum Gasteiger partial charge on any atom is 0.251 e. The number of likely N-dealkylation sites (tertiary alicyclic amines) is 1. The van der Waals surface area contributed by atoms with Crippen LogP contribution in [0.4, 0.5) is 8.78 Å². The van der Waals surface area contributed by atoms with Crippen molar-refractivity contribution in [2.24, 2.45) is 11.7 Å². The van der Waals surface area contributed by atoms with Crippen molar-refractivity contribution in [1.29, 1.82) is 0 Å². The Labute approximate surface area is 78.1 Å². The van der Waals surface area contributed by atoms with E-state index < -0.39 is 6.43 Å². The Morgan fingerprint density at radius 2 is 2.00 bits per heavy atom. The highest BCUT2D eigenvalue weighted by Crippen LogP contribution is 2.16. The summed E-state index contributed by atoms with van der Waals surface area (Å²) in [6, 6.07) is 0.183. The Hall–Kier alpha value is -0.220. The van der Waals surface area contributed by atoms with Crippen LogP contribution in [0.15, 0.2) is 0 Å². The third kappa shape index (κ3) is 3.56. The molecule has 0 amide bonds. The summed E-state index contributed by atoms with van der Waals surface area (Å²) >= 11 is 0. The minimum Gasteiger partial charge on any atom is -0.327 e. The van der Waals surface area contributed by atoms with E-state index in [0.717, 1.165) is 25.9 Å². The quantitative estimate of drug-likeness (QED) is 0.714. The molecule has 0 aromatic carbocycles. The molecule has 2 unspecified atom stereocenters. The molecule has 1 aliphatic rings. The number of alkyl halides is 2. The zero-order valence-electron chi connectivity index (χ0n) is 8.05. The van der Waals surface area contributed by atoms with Gasteiger partial charge in [0, 0.05) is 6.04 Å². The average Bonchev–Trinajstić information content (AvgIpc) is 2.19. The van der Waals surface area contributed by atoms with Crippen LogP contribution in [0.25, 0.3) is 0 Å². The second-order valence-corrected chi connectivity index (χ2v) is 3.91. The van der Waals surface area contributed by atoms with Gasteiger partial charge < -0.3 is 5.73 Å². The summed E-state index contributed by atoms with van der Waals surface area (Å²) < 4.78 is 24.1. The third-order valence-electron chi connectivity index (χ3n) is 2.81. The van der Waals surface area contributed by atoms with E-state index in [-0.39, 0.29) is 12.6 Å². The molecular weight excluding hydrogens is 174 g/mol. The van der Waals surface area contributed by atoms with E-state index in [1.165, 1.54) is 0 Å². The predicted octanol–water partition coefficient (Wildman–Crippen LogP) is 1.31. The first-order chi connectivity index (χ1) is 6.09. The van der Waals surface area contributed by atoms with Crippen molar-refractivity contribution in [2.45, 2.75) is 32.2 Å². The lowest BCUT2D eigenvalue weighted by Gasteiger charge is -2.18. The van der Waals surface area contributed by atoms with Crippen LogP contribution in [0.5, 0.6) is 0 Å². The fraction of sp³-hybridized carbons (Fsp3) is 1.00. The van der Waals surface area contributed by atoms with Gasteiger partial charge in [0.05, 0.1) is 6.54 Å². The fourth-order valence-corrected chi connectivity index (χ4v) is 1.71. The number of halogens is 2. The lowest BCUT2D eigenvalue weighted by molar-refractivity contribution is 0.0895. The van der Waals surface area contributed by atoms with Crippen molar-refractivity contribution in [3.05, 3.63) is 0 Å². The van der Waals surface area contributed by atoms with Gasteiger partial charge in [0.1, 0.15) is 0 Å². The molecule has 0 saturated carbocycles. The minimum atomic E-state index is -2.22. The SMILES string of the molecule is CC1CCN(CC(F)F)CCC1N. The molecule has 0 aliphatic carbocycles. The highest BCUT2D eigenvalue weighted by molar-refractivity contribution is 4.77. The maximum absolute atomic E-state index is 12.1. The van der Waals surface area contributed by atoms with E-state index in [1.807, 2.05) is 4.90 Å². The predicted molar refractivity (Wildman–Crippen MR) is 48.8 cm³/mol. The van der Waals surface area contributed by atoms with Gasteiger partial charge in [-0.15, -0.1) is 0 Å². The highest BCUT2D eigenvalue weighted by Gasteiger charge is 2.21. The lowest BCUT2D eigenvalue weighted by Crippen LogP contribution is -2.31. The first kappa shape index (κ1) is 10.9. The van der Waals surface area contributed by atoms with Crippen LogP contribution in [-0.4, -0.2) is 37.0 Å². The summed E-state index contributed by atoms with van der Waals surface area (Å²) in [7, 11) is 0. The molecule has 2 nitrogen and oxygen atoms in total. The van der Waals surface area contributed by atoms with E-state index in [2.05, 4.69) is 6.92 Å². The van der Waals surface area contributed by atoms with Gasteiger partial charge >= 0.3 is 0 Å². The fourth-order valence-electron chi connectivity index (χ4n) is 1.71. The number of nitrogens with two attached hydrogens (primary N) is 1. The molecule has 13 heavy (non-hydrogen) atoms. The second-order valence-electron chi connectivity index (χ2n) is 3.91. The van der Waals surface area contributed by atoms with Crippen molar-refractivity contribution < 1.29 is 8.78 Å². The first-order valence-corrected chi connectivity index (χ1v) is 4.85. The minimum absolute atomic E-state index is 0.0978. The van der Waals surface area contributed by atoms with Crippen molar-refractivity contribution >= 4 is 0 Å². The molecular formula is C9H18F2N2. The standard InChI is InChI=1S/C9H18F2N2/c1-7-2-4-13(6-9(10)11)5-3-8(7)12/h7-9H,2-6,12H2,1H3. The van der Waals surface area contributed by atoms with Gasteiger partial charge in [-0.05, 0) is 31.8 Å². The molecule has 1 saturated heterocycles. The normalized spacial score (nSPS) is 32.1. The smallest absolute Gasteiger partial charge is 0.251 e. The molecule has 2 N–H and O–H groups in total. The van der Waals surface area contributed by atoms with Crippen LogP contribution in [0.2, 0.25) is 0 Å². The summed E-state index contributed by atoms with van der Waals surface area (Å²) in [5, 5.41) is 0. The van der Waals surface area contributed by atoms with Crippen LogP contribution in [0.1, 0.15) is 19.8 Å². The van der Waals surface area contributed by atoms with Crippen molar-refractivity contribution in [2.75, 3.05) is 19.6 Å². The van der Waals surface area contributed by atoms with E-state index in [1.54, 1.807) is 0 Å². The molecule has 1 fully saturated rings. The third-order valence-corrected chi connectivity index (χ3v) is 2.81. The van der Waals surface area contributed by atoms with Crippen molar-refractivity contribution in [3.8, 4) is 0 Å². The lowest BCUT2D eigenvalue weighted by atomic mass is 9.98. The molecule has 1 heterocycles. The van der Waals surface area contributed by atoms with Gasteiger partial charge in [0.15, 0.2) is 0 Å². The van der Waals surface area contributed by atoms with Crippen LogP contribution in [0, 0.1) is 5.92 Å². The van der Waals surface area contributed by atoms with Gasteiger partial charge in [-0.3, -0.25) is 4.90 Å². The molecule has 0 radical (unpaired) electrons. The van der Waals surface area contributed by atoms with Crippen LogP contribution >= 0.6 is 0 Å². The first-order valence-electron chi connectivity index (χ1n) is 4.85. The van der Waals surface area contributed by atoms with Crippen molar-refractivity contribution in [3.63, 3.8) is 0 Å². The van der Waals surface area contributed by atoms with E-state index in [4.69, 9.17) is 5.73 Å². The van der Waals surface area contributed by atoms with Crippen LogP contribution in [0.3, 0.4) is 0 Å². The highest BCUT2D eigenvalue weighted by atomic mass is 19.3.